The first-order valence-electron chi connectivity index (χ1n) is 8.35. The van der Waals surface area contributed by atoms with Crippen molar-refractivity contribution >= 4 is 21.4 Å². The fraction of sp³-hybridized carbons (Fsp3) is 0.263. The van der Waals surface area contributed by atoms with Crippen LogP contribution in [0.15, 0.2) is 53.7 Å². The minimum absolute atomic E-state index is 0.0759. The Morgan fingerprint density at radius 1 is 1.32 bits per heavy atom. The summed E-state index contributed by atoms with van der Waals surface area (Å²) in [6, 6.07) is 8.27. The number of benzene rings is 1. The number of carbonyl (C=O) groups excluding carboxylic acids is 1. The van der Waals surface area contributed by atoms with Crippen LogP contribution in [0, 0.1) is 11.8 Å². The monoisotopic (exact) mass is 403 g/mol. The predicted octanol–water partition coefficient (Wildman–Crippen LogP) is 1.62. The zero-order valence-electron chi connectivity index (χ0n) is 15.5. The minimum Gasteiger partial charge on any atom is -0.481 e. The van der Waals surface area contributed by atoms with E-state index in [1.54, 1.807) is 36.7 Å². The van der Waals surface area contributed by atoms with Gasteiger partial charge in [-0.05, 0) is 50.2 Å². The predicted molar refractivity (Wildman–Crippen MR) is 104 cm³/mol. The molecule has 0 radical (unpaired) electrons. The molecular formula is C19H21N3O5S. The largest absolute Gasteiger partial charge is 0.481 e. The number of sulfone groups is 1. The SMILES string of the molecule is CC#CCOc1ccc(S(=O)(=O)CN(c2cccnc2)C(C)C(=O)NO)cc1. The van der Waals surface area contributed by atoms with Gasteiger partial charge >= 0.3 is 0 Å². The Morgan fingerprint density at radius 2 is 2.04 bits per heavy atom. The van der Waals surface area contributed by atoms with Gasteiger partial charge in [0.15, 0.2) is 9.84 Å². The van der Waals surface area contributed by atoms with Crippen molar-refractivity contribution in [1.82, 2.24) is 10.5 Å². The molecule has 2 rings (SSSR count). The fourth-order valence-electron chi connectivity index (χ4n) is 2.36. The van der Waals surface area contributed by atoms with Crippen molar-refractivity contribution in [2.24, 2.45) is 0 Å². The number of rotatable bonds is 8. The molecule has 0 saturated heterocycles. The van der Waals surface area contributed by atoms with Crippen molar-refractivity contribution in [3.63, 3.8) is 0 Å². The van der Waals surface area contributed by atoms with Gasteiger partial charge < -0.3 is 9.64 Å². The molecule has 1 amide bonds. The van der Waals surface area contributed by atoms with E-state index in [4.69, 9.17) is 9.94 Å². The average molecular weight is 403 g/mol. The van der Waals surface area contributed by atoms with Gasteiger partial charge in [0, 0.05) is 6.20 Å². The molecule has 0 fully saturated rings. The second-order valence-electron chi connectivity index (χ2n) is 5.76. The molecule has 0 aliphatic heterocycles. The number of pyridine rings is 1. The van der Waals surface area contributed by atoms with E-state index in [0.29, 0.717) is 11.4 Å². The third-order valence-electron chi connectivity index (χ3n) is 3.91. The summed E-state index contributed by atoms with van der Waals surface area (Å²) in [5, 5.41) is 8.92. The quantitative estimate of drug-likeness (QED) is 0.392. The summed E-state index contributed by atoms with van der Waals surface area (Å²) < 4.78 is 31.1. The number of hydrogen-bond donors (Lipinski definition) is 2. The average Bonchev–Trinajstić information content (AvgIpc) is 2.72. The van der Waals surface area contributed by atoms with Gasteiger partial charge in [0.25, 0.3) is 5.91 Å². The molecule has 1 aromatic carbocycles. The highest BCUT2D eigenvalue weighted by atomic mass is 32.2. The molecule has 0 saturated carbocycles. The highest BCUT2D eigenvalue weighted by Gasteiger charge is 2.27. The van der Waals surface area contributed by atoms with E-state index in [1.165, 1.54) is 36.4 Å². The number of hydroxylamine groups is 1. The molecule has 0 bridgehead atoms. The summed E-state index contributed by atoms with van der Waals surface area (Å²) in [7, 11) is -3.78. The first-order valence-corrected chi connectivity index (χ1v) is 10.00. The second-order valence-corrected chi connectivity index (χ2v) is 7.72. The summed E-state index contributed by atoms with van der Waals surface area (Å²) in [6.45, 7) is 3.40. The fourth-order valence-corrected chi connectivity index (χ4v) is 3.80. The molecular weight excluding hydrogens is 382 g/mol. The van der Waals surface area contributed by atoms with Crippen LogP contribution in [0.3, 0.4) is 0 Å². The Bertz CT molecular complexity index is 951. The van der Waals surface area contributed by atoms with Gasteiger partial charge in [-0.15, -0.1) is 5.92 Å². The lowest BCUT2D eigenvalue weighted by Crippen LogP contribution is -2.46. The van der Waals surface area contributed by atoms with Crippen LogP contribution in [-0.4, -0.2) is 43.0 Å². The molecule has 2 aromatic rings. The van der Waals surface area contributed by atoms with Crippen molar-refractivity contribution in [2.45, 2.75) is 24.8 Å². The molecule has 0 aliphatic rings. The topological polar surface area (TPSA) is 109 Å². The van der Waals surface area contributed by atoms with Crippen LogP contribution in [-0.2, 0) is 14.6 Å². The van der Waals surface area contributed by atoms with E-state index in [-0.39, 0.29) is 11.5 Å². The Labute approximate surface area is 164 Å². The molecule has 148 valence electrons. The highest BCUT2D eigenvalue weighted by Crippen LogP contribution is 2.22. The van der Waals surface area contributed by atoms with Crippen molar-refractivity contribution in [3.8, 4) is 17.6 Å². The number of amides is 1. The van der Waals surface area contributed by atoms with E-state index in [0.717, 1.165) is 0 Å². The number of anilines is 1. The van der Waals surface area contributed by atoms with Crippen molar-refractivity contribution in [1.29, 1.82) is 0 Å². The van der Waals surface area contributed by atoms with E-state index in [9.17, 15) is 13.2 Å². The third kappa shape index (κ3) is 5.45. The van der Waals surface area contributed by atoms with Crippen molar-refractivity contribution in [3.05, 3.63) is 48.8 Å². The van der Waals surface area contributed by atoms with Gasteiger partial charge in [-0.3, -0.25) is 15.0 Å². The number of nitrogens with one attached hydrogen (secondary N) is 1. The zero-order valence-corrected chi connectivity index (χ0v) is 16.3. The standard InChI is InChI=1S/C19H21N3O5S/c1-3-4-12-27-17-7-9-18(10-8-17)28(25,26)14-22(15(2)19(23)21-24)16-6-5-11-20-13-16/h5-11,13,15,24H,12,14H2,1-2H3,(H,21,23). The lowest BCUT2D eigenvalue weighted by atomic mass is 10.2. The second kappa shape index (κ2) is 9.73. The van der Waals surface area contributed by atoms with E-state index in [2.05, 4.69) is 16.8 Å². The minimum atomic E-state index is -3.78. The van der Waals surface area contributed by atoms with Crippen LogP contribution in [0.2, 0.25) is 0 Å². The van der Waals surface area contributed by atoms with E-state index in [1.807, 2.05) is 0 Å². The summed E-state index contributed by atoms with van der Waals surface area (Å²) in [5.74, 6) is 4.74. The van der Waals surface area contributed by atoms with Gasteiger partial charge in [0.2, 0.25) is 0 Å². The van der Waals surface area contributed by atoms with Gasteiger partial charge in [-0.1, -0.05) is 5.92 Å². The third-order valence-corrected chi connectivity index (χ3v) is 5.52. The highest BCUT2D eigenvalue weighted by molar-refractivity contribution is 7.91. The van der Waals surface area contributed by atoms with Crippen LogP contribution < -0.4 is 15.1 Å². The van der Waals surface area contributed by atoms with E-state index >= 15 is 0 Å². The number of hydrogen-bond acceptors (Lipinski definition) is 7. The smallest absolute Gasteiger partial charge is 0.265 e. The van der Waals surface area contributed by atoms with Crippen molar-refractivity contribution < 1.29 is 23.2 Å². The molecule has 2 N–H and O–H groups in total. The molecule has 1 unspecified atom stereocenters. The normalized spacial score (nSPS) is 11.7. The van der Waals surface area contributed by atoms with Crippen LogP contribution in [0.1, 0.15) is 13.8 Å². The molecule has 0 spiro atoms. The maximum Gasteiger partial charge on any atom is 0.265 e. The van der Waals surface area contributed by atoms with Gasteiger partial charge in [-0.25, -0.2) is 13.9 Å². The van der Waals surface area contributed by atoms with Gasteiger partial charge in [0.05, 0.1) is 16.8 Å². The first kappa shape index (κ1) is 21.2. The van der Waals surface area contributed by atoms with Crippen LogP contribution >= 0.6 is 0 Å². The summed E-state index contributed by atoms with van der Waals surface area (Å²) in [5.41, 5.74) is 1.98. The molecule has 8 nitrogen and oxygen atoms in total. The zero-order chi connectivity index (χ0) is 20.6. The Balaban J connectivity index is 2.26. The Kier molecular flexibility index (Phi) is 7.37. The lowest BCUT2D eigenvalue weighted by molar-refractivity contribution is -0.130. The lowest BCUT2D eigenvalue weighted by Gasteiger charge is -2.29. The number of ether oxygens (including phenoxy) is 1. The molecule has 1 heterocycles. The van der Waals surface area contributed by atoms with Crippen LogP contribution in [0.4, 0.5) is 5.69 Å². The summed E-state index contributed by atoms with van der Waals surface area (Å²) in [6.07, 6.45) is 2.98. The first-order chi connectivity index (χ1) is 13.4. The maximum absolute atomic E-state index is 12.9. The molecule has 1 atom stereocenters. The van der Waals surface area contributed by atoms with Gasteiger partial charge in [0.1, 0.15) is 24.3 Å². The maximum atomic E-state index is 12.9. The number of nitrogens with zero attached hydrogens (tertiary/aromatic N) is 2. The summed E-state index contributed by atoms with van der Waals surface area (Å²) in [4.78, 5) is 17.3. The Hall–Kier alpha value is -3.09. The molecule has 28 heavy (non-hydrogen) atoms. The van der Waals surface area contributed by atoms with Crippen LogP contribution in [0.5, 0.6) is 5.75 Å². The van der Waals surface area contributed by atoms with Gasteiger partial charge in [-0.2, -0.15) is 0 Å². The molecule has 9 heteroatoms. The number of carbonyl (C=O) groups is 1. The Morgan fingerprint density at radius 3 is 2.61 bits per heavy atom. The van der Waals surface area contributed by atoms with Crippen molar-refractivity contribution in [2.75, 3.05) is 17.4 Å². The van der Waals surface area contributed by atoms with E-state index < -0.39 is 27.7 Å². The molecule has 0 aliphatic carbocycles. The number of aromatic nitrogens is 1. The van der Waals surface area contributed by atoms with Crippen LogP contribution in [0.25, 0.3) is 0 Å². The summed E-state index contributed by atoms with van der Waals surface area (Å²) >= 11 is 0. The molecule has 1 aromatic heterocycles.